The van der Waals surface area contributed by atoms with E-state index in [9.17, 15) is 12.8 Å². The van der Waals surface area contributed by atoms with E-state index >= 15 is 0 Å². The van der Waals surface area contributed by atoms with Crippen molar-refractivity contribution < 1.29 is 17.5 Å². The van der Waals surface area contributed by atoms with Crippen molar-refractivity contribution >= 4 is 27.2 Å². The van der Waals surface area contributed by atoms with Crippen molar-refractivity contribution in [3.63, 3.8) is 0 Å². The van der Waals surface area contributed by atoms with E-state index in [0.29, 0.717) is 48.9 Å². The summed E-state index contributed by atoms with van der Waals surface area (Å²) in [6, 6.07) is 11.7. The van der Waals surface area contributed by atoms with Crippen molar-refractivity contribution in [1.82, 2.24) is 14.4 Å². The Kier molecular flexibility index (Phi) is 4.59. The van der Waals surface area contributed by atoms with Crippen LogP contribution in [0.25, 0.3) is 28.2 Å². The van der Waals surface area contributed by atoms with E-state index in [2.05, 4.69) is 14.6 Å². The summed E-state index contributed by atoms with van der Waals surface area (Å²) in [5, 5.41) is 0. The van der Waals surface area contributed by atoms with E-state index in [1.807, 2.05) is 22.7 Å². The molecular formula is C23H20FN5O3S. The van der Waals surface area contributed by atoms with E-state index in [1.165, 1.54) is 12.1 Å². The third kappa shape index (κ3) is 3.51. The molecule has 1 saturated heterocycles. The van der Waals surface area contributed by atoms with Gasteiger partial charge in [-0.3, -0.25) is 9.12 Å². The lowest BCUT2D eigenvalue weighted by Crippen LogP contribution is -2.37. The maximum Gasteiger partial charge on any atom is 0.237 e. The zero-order chi connectivity index (χ0) is 22.6. The molecule has 0 aliphatic carbocycles. The lowest BCUT2D eigenvalue weighted by atomic mass is 10.0. The van der Waals surface area contributed by atoms with Gasteiger partial charge < -0.3 is 9.64 Å². The fraction of sp³-hybridized carbons (Fsp3) is 0.217. The SMILES string of the molecule is O=S1(=O)Cc2cc(-c3c(-c4ccc(F)cc4)nc4c(N5CCOCC5)nccn34)ccc2N1. The molecule has 0 unspecified atom stereocenters. The van der Waals surface area contributed by atoms with E-state index in [0.717, 1.165) is 22.6 Å². The minimum absolute atomic E-state index is 0.0701. The fourth-order valence-corrected chi connectivity index (χ4v) is 5.67. The number of nitrogens with zero attached hydrogens (tertiary/aromatic N) is 4. The van der Waals surface area contributed by atoms with Gasteiger partial charge in [0, 0.05) is 36.6 Å². The standard InChI is InChI=1S/C23H20FN5O3S/c24-18-4-1-15(2-5-18)20-21(16-3-6-19-17(13-16)14-33(30,31)27-19)29-8-7-25-22(23(29)26-20)28-9-11-32-12-10-28/h1-8,13,27H,9-12,14H2. The first-order valence-electron chi connectivity index (χ1n) is 10.6. The lowest BCUT2D eigenvalue weighted by Gasteiger charge is -2.27. The maximum absolute atomic E-state index is 13.6. The molecule has 0 amide bonds. The molecule has 2 aliphatic heterocycles. The van der Waals surface area contributed by atoms with Crippen LogP contribution in [0, 0.1) is 5.82 Å². The summed E-state index contributed by atoms with van der Waals surface area (Å²) in [5.74, 6) is 0.355. The Balaban J connectivity index is 1.58. The Morgan fingerprint density at radius 2 is 1.79 bits per heavy atom. The van der Waals surface area contributed by atoms with Crippen LogP contribution in [-0.2, 0) is 20.5 Å². The molecular weight excluding hydrogens is 445 g/mol. The van der Waals surface area contributed by atoms with Gasteiger partial charge in [-0.1, -0.05) is 6.07 Å². The molecule has 2 aromatic heterocycles. The number of nitrogens with one attached hydrogen (secondary N) is 1. The van der Waals surface area contributed by atoms with Crippen LogP contribution < -0.4 is 9.62 Å². The van der Waals surface area contributed by atoms with Crippen LogP contribution in [0.15, 0.2) is 54.9 Å². The molecule has 0 radical (unpaired) electrons. The topological polar surface area (TPSA) is 88.8 Å². The summed E-state index contributed by atoms with van der Waals surface area (Å²) >= 11 is 0. The Morgan fingerprint density at radius 1 is 1.03 bits per heavy atom. The van der Waals surface area contributed by atoms with Crippen LogP contribution >= 0.6 is 0 Å². The zero-order valence-corrected chi connectivity index (χ0v) is 18.3. The third-order valence-electron chi connectivity index (χ3n) is 5.94. The molecule has 168 valence electrons. The molecule has 0 bridgehead atoms. The van der Waals surface area contributed by atoms with Gasteiger partial charge in [-0.25, -0.2) is 22.8 Å². The summed E-state index contributed by atoms with van der Waals surface area (Å²) in [6.45, 7) is 2.66. The minimum Gasteiger partial charge on any atom is -0.378 e. The Labute approximate surface area is 189 Å². The number of benzene rings is 2. The van der Waals surface area contributed by atoms with Crippen LogP contribution in [0.5, 0.6) is 0 Å². The summed E-state index contributed by atoms with van der Waals surface area (Å²) in [7, 11) is -3.36. The molecule has 1 N–H and O–H groups in total. The Bertz CT molecular complexity index is 1480. The van der Waals surface area contributed by atoms with Crippen molar-refractivity contribution in [1.29, 1.82) is 0 Å². The first-order valence-corrected chi connectivity index (χ1v) is 12.2. The number of halogens is 1. The Morgan fingerprint density at radius 3 is 2.58 bits per heavy atom. The normalized spacial score (nSPS) is 17.2. The number of sulfonamides is 1. The maximum atomic E-state index is 13.6. The molecule has 8 nitrogen and oxygen atoms in total. The Hall–Kier alpha value is -3.50. The van der Waals surface area contributed by atoms with Gasteiger partial charge in [-0.05, 0) is 42.0 Å². The van der Waals surface area contributed by atoms with Gasteiger partial charge >= 0.3 is 0 Å². The first kappa shape index (κ1) is 20.1. The molecule has 1 fully saturated rings. The average Bonchev–Trinajstić information content (AvgIpc) is 3.35. The largest absolute Gasteiger partial charge is 0.378 e. The number of fused-ring (bicyclic) bond motifs is 2. The van der Waals surface area contributed by atoms with E-state index in [1.54, 1.807) is 24.4 Å². The monoisotopic (exact) mass is 465 g/mol. The molecule has 33 heavy (non-hydrogen) atoms. The molecule has 10 heteroatoms. The average molecular weight is 466 g/mol. The van der Waals surface area contributed by atoms with Gasteiger partial charge in [0.05, 0.1) is 36.0 Å². The van der Waals surface area contributed by atoms with Gasteiger partial charge in [0.25, 0.3) is 0 Å². The second-order valence-corrected chi connectivity index (χ2v) is 9.82. The van der Waals surface area contributed by atoms with Crippen molar-refractivity contribution in [2.24, 2.45) is 0 Å². The lowest BCUT2D eigenvalue weighted by molar-refractivity contribution is 0.122. The van der Waals surface area contributed by atoms with E-state index in [4.69, 9.17) is 9.72 Å². The number of anilines is 2. The smallest absolute Gasteiger partial charge is 0.237 e. The van der Waals surface area contributed by atoms with Gasteiger partial charge in [-0.15, -0.1) is 0 Å². The summed E-state index contributed by atoms with van der Waals surface area (Å²) in [6.07, 6.45) is 3.58. The molecule has 4 heterocycles. The molecule has 0 atom stereocenters. The highest BCUT2D eigenvalue weighted by Gasteiger charge is 2.26. The van der Waals surface area contributed by atoms with Crippen LogP contribution in [0.3, 0.4) is 0 Å². The minimum atomic E-state index is -3.36. The van der Waals surface area contributed by atoms with Crippen molar-refractivity contribution in [2.45, 2.75) is 5.75 Å². The number of morpholine rings is 1. The molecule has 0 spiro atoms. The summed E-state index contributed by atoms with van der Waals surface area (Å²) < 4.78 is 47.8. The predicted molar refractivity (Wildman–Crippen MR) is 123 cm³/mol. The molecule has 2 aromatic carbocycles. The summed E-state index contributed by atoms with van der Waals surface area (Å²) in [4.78, 5) is 11.7. The molecule has 4 aromatic rings. The van der Waals surface area contributed by atoms with E-state index in [-0.39, 0.29) is 11.6 Å². The highest BCUT2D eigenvalue weighted by Crippen LogP contribution is 2.38. The third-order valence-corrected chi connectivity index (χ3v) is 7.16. The van der Waals surface area contributed by atoms with Gasteiger partial charge in [0.15, 0.2) is 11.5 Å². The van der Waals surface area contributed by atoms with Crippen LogP contribution in [0.2, 0.25) is 0 Å². The highest BCUT2D eigenvalue weighted by molar-refractivity contribution is 7.92. The number of rotatable bonds is 3. The highest BCUT2D eigenvalue weighted by atomic mass is 32.2. The van der Waals surface area contributed by atoms with Gasteiger partial charge in [0.1, 0.15) is 5.82 Å². The van der Waals surface area contributed by atoms with Crippen molar-refractivity contribution in [3.8, 4) is 22.5 Å². The summed E-state index contributed by atoms with van der Waals surface area (Å²) in [5.41, 5.74) is 5.02. The fourth-order valence-electron chi connectivity index (χ4n) is 4.42. The number of hydrogen-bond donors (Lipinski definition) is 1. The number of hydrogen-bond acceptors (Lipinski definition) is 6. The van der Waals surface area contributed by atoms with Crippen LogP contribution in [0.4, 0.5) is 15.9 Å². The quantitative estimate of drug-likeness (QED) is 0.500. The number of imidazole rings is 1. The second kappa shape index (κ2) is 7.53. The molecule has 6 rings (SSSR count). The van der Waals surface area contributed by atoms with Crippen molar-refractivity contribution in [3.05, 3.63) is 66.2 Å². The van der Waals surface area contributed by atoms with Gasteiger partial charge in [-0.2, -0.15) is 0 Å². The van der Waals surface area contributed by atoms with Gasteiger partial charge in [0.2, 0.25) is 10.0 Å². The van der Waals surface area contributed by atoms with Crippen LogP contribution in [0.1, 0.15) is 5.56 Å². The van der Waals surface area contributed by atoms with Crippen LogP contribution in [-0.4, -0.2) is 49.1 Å². The number of ether oxygens (including phenoxy) is 1. The molecule has 0 saturated carbocycles. The second-order valence-electron chi connectivity index (χ2n) is 8.09. The van der Waals surface area contributed by atoms with E-state index < -0.39 is 10.0 Å². The predicted octanol–water partition coefficient (Wildman–Crippen LogP) is 3.29. The van der Waals surface area contributed by atoms with Crippen molar-refractivity contribution in [2.75, 3.05) is 35.9 Å². The first-order chi connectivity index (χ1) is 16.0. The zero-order valence-electron chi connectivity index (χ0n) is 17.5. The molecule has 2 aliphatic rings. The number of aromatic nitrogens is 3.